The second kappa shape index (κ2) is 4.95. The van der Waals surface area contributed by atoms with Crippen LogP contribution in [0.25, 0.3) is 0 Å². The van der Waals surface area contributed by atoms with Gasteiger partial charge in [-0.25, -0.2) is 0 Å². The Hall–Kier alpha value is -0.900. The van der Waals surface area contributed by atoms with Gasteiger partial charge in [0.1, 0.15) is 0 Å². The van der Waals surface area contributed by atoms with E-state index in [9.17, 15) is 0 Å². The predicted molar refractivity (Wildman–Crippen MR) is 62.1 cm³/mol. The molecule has 0 aromatic carbocycles. The van der Waals surface area contributed by atoms with Crippen molar-refractivity contribution in [3.8, 4) is 0 Å². The zero-order valence-electron chi connectivity index (χ0n) is 10.0. The van der Waals surface area contributed by atoms with Crippen molar-refractivity contribution in [2.75, 3.05) is 6.54 Å². The van der Waals surface area contributed by atoms with Gasteiger partial charge in [0.2, 0.25) is 11.8 Å². The van der Waals surface area contributed by atoms with Crippen molar-refractivity contribution in [1.29, 1.82) is 0 Å². The van der Waals surface area contributed by atoms with Gasteiger partial charge in [-0.15, -0.1) is 10.2 Å². The predicted octanol–water partition coefficient (Wildman–Crippen LogP) is 2.18. The molecule has 0 atom stereocenters. The lowest BCUT2D eigenvalue weighted by molar-refractivity contribution is 0.305. The van der Waals surface area contributed by atoms with Crippen molar-refractivity contribution in [3.63, 3.8) is 0 Å². The molecule has 4 nitrogen and oxygen atoms in total. The topological polar surface area (TPSA) is 64.9 Å². The summed E-state index contributed by atoms with van der Waals surface area (Å²) in [5, 5.41) is 8.36. The molecule has 1 aliphatic rings. The monoisotopic (exact) mass is 223 g/mol. The van der Waals surface area contributed by atoms with Gasteiger partial charge in [0.15, 0.2) is 0 Å². The third kappa shape index (κ3) is 2.12. The van der Waals surface area contributed by atoms with E-state index >= 15 is 0 Å². The Morgan fingerprint density at radius 3 is 2.69 bits per heavy atom. The minimum absolute atomic E-state index is 0.175. The van der Waals surface area contributed by atoms with Gasteiger partial charge in [-0.2, -0.15) is 0 Å². The molecule has 4 heteroatoms. The Bertz CT molecular complexity index is 329. The van der Waals surface area contributed by atoms with Crippen LogP contribution in [-0.4, -0.2) is 16.7 Å². The van der Waals surface area contributed by atoms with Gasteiger partial charge in [0, 0.05) is 11.8 Å². The van der Waals surface area contributed by atoms with Crippen LogP contribution in [0.1, 0.15) is 57.2 Å². The Morgan fingerprint density at radius 2 is 2.06 bits per heavy atom. The first-order chi connectivity index (χ1) is 7.80. The van der Waals surface area contributed by atoms with Gasteiger partial charge < -0.3 is 10.2 Å². The van der Waals surface area contributed by atoms with Crippen LogP contribution in [0.3, 0.4) is 0 Å². The van der Waals surface area contributed by atoms with Gasteiger partial charge in [0.25, 0.3) is 0 Å². The molecule has 0 bridgehead atoms. The summed E-state index contributed by atoms with van der Waals surface area (Å²) in [5.41, 5.74) is 5.64. The van der Waals surface area contributed by atoms with Gasteiger partial charge in [0.05, 0.1) is 0 Å². The summed E-state index contributed by atoms with van der Waals surface area (Å²) < 4.78 is 5.79. The maximum Gasteiger partial charge on any atom is 0.222 e. The summed E-state index contributed by atoms with van der Waals surface area (Å²) in [6, 6.07) is 0. The first-order valence-electron chi connectivity index (χ1n) is 6.34. The lowest BCUT2D eigenvalue weighted by atomic mass is 9.83. The highest BCUT2D eigenvalue weighted by Crippen LogP contribution is 2.42. The zero-order chi connectivity index (χ0) is 11.4. The standard InChI is InChI=1S/C12H21N3O/c1-2-12(7-3-4-8-12)11-15-14-10(16-11)6-5-9-13/h2-9,13H2,1H3. The molecule has 1 heterocycles. The molecule has 16 heavy (non-hydrogen) atoms. The van der Waals surface area contributed by atoms with Crippen molar-refractivity contribution < 1.29 is 4.42 Å². The fraction of sp³-hybridized carbons (Fsp3) is 0.833. The van der Waals surface area contributed by atoms with E-state index in [2.05, 4.69) is 17.1 Å². The molecule has 0 unspecified atom stereocenters. The van der Waals surface area contributed by atoms with E-state index in [1.807, 2.05) is 0 Å². The van der Waals surface area contributed by atoms with Crippen molar-refractivity contribution in [2.24, 2.45) is 5.73 Å². The van der Waals surface area contributed by atoms with E-state index < -0.39 is 0 Å². The number of nitrogens with two attached hydrogens (primary N) is 1. The molecule has 90 valence electrons. The summed E-state index contributed by atoms with van der Waals surface area (Å²) >= 11 is 0. The molecular formula is C12H21N3O. The van der Waals surface area contributed by atoms with Crippen LogP contribution in [0.4, 0.5) is 0 Å². The van der Waals surface area contributed by atoms with E-state index in [1.165, 1.54) is 25.7 Å². The maximum atomic E-state index is 5.79. The van der Waals surface area contributed by atoms with Gasteiger partial charge in [-0.3, -0.25) is 0 Å². The summed E-state index contributed by atoms with van der Waals surface area (Å²) in [5.74, 6) is 1.61. The van der Waals surface area contributed by atoms with E-state index in [-0.39, 0.29) is 5.41 Å². The largest absolute Gasteiger partial charge is 0.425 e. The van der Waals surface area contributed by atoms with E-state index in [1.54, 1.807) is 0 Å². The van der Waals surface area contributed by atoms with Crippen LogP contribution >= 0.6 is 0 Å². The number of hydrogen-bond acceptors (Lipinski definition) is 4. The molecule has 0 spiro atoms. The number of aromatic nitrogens is 2. The van der Waals surface area contributed by atoms with Crippen molar-refractivity contribution in [3.05, 3.63) is 11.8 Å². The molecule has 0 saturated heterocycles. The second-order valence-electron chi connectivity index (χ2n) is 4.73. The van der Waals surface area contributed by atoms with Crippen LogP contribution in [0.15, 0.2) is 4.42 Å². The first kappa shape index (κ1) is 11.6. The highest BCUT2D eigenvalue weighted by Gasteiger charge is 2.38. The molecule has 1 fully saturated rings. The average molecular weight is 223 g/mol. The SMILES string of the molecule is CCC1(c2nnc(CCCN)o2)CCCC1. The van der Waals surface area contributed by atoms with Crippen molar-refractivity contribution in [1.82, 2.24) is 10.2 Å². The maximum absolute atomic E-state index is 5.79. The number of aryl methyl sites for hydroxylation is 1. The molecule has 0 aliphatic heterocycles. The Balaban J connectivity index is 2.10. The molecular weight excluding hydrogens is 202 g/mol. The van der Waals surface area contributed by atoms with Crippen LogP contribution in [0.5, 0.6) is 0 Å². The minimum atomic E-state index is 0.175. The molecule has 1 aliphatic carbocycles. The minimum Gasteiger partial charge on any atom is -0.425 e. The van der Waals surface area contributed by atoms with Crippen molar-refractivity contribution in [2.45, 2.75) is 57.3 Å². The Labute approximate surface area is 96.6 Å². The fourth-order valence-electron chi connectivity index (χ4n) is 2.59. The van der Waals surface area contributed by atoms with Gasteiger partial charge in [-0.1, -0.05) is 19.8 Å². The smallest absolute Gasteiger partial charge is 0.222 e. The summed E-state index contributed by atoms with van der Waals surface area (Å²) in [4.78, 5) is 0. The van der Waals surface area contributed by atoms with Crippen LogP contribution < -0.4 is 5.73 Å². The zero-order valence-corrected chi connectivity index (χ0v) is 10.0. The molecule has 2 N–H and O–H groups in total. The van der Waals surface area contributed by atoms with E-state index in [4.69, 9.17) is 10.2 Å². The first-order valence-corrected chi connectivity index (χ1v) is 6.34. The Kier molecular flexibility index (Phi) is 3.59. The molecule has 1 aromatic heterocycles. The van der Waals surface area contributed by atoms with Crippen molar-refractivity contribution >= 4 is 0 Å². The molecule has 0 amide bonds. The number of rotatable bonds is 5. The average Bonchev–Trinajstić information content (AvgIpc) is 2.95. The molecule has 2 rings (SSSR count). The quantitative estimate of drug-likeness (QED) is 0.831. The lowest BCUT2D eigenvalue weighted by Gasteiger charge is -2.22. The fourth-order valence-corrected chi connectivity index (χ4v) is 2.59. The summed E-state index contributed by atoms with van der Waals surface area (Å²) in [6.45, 7) is 2.89. The summed E-state index contributed by atoms with van der Waals surface area (Å²) in [6.07, 6.45) is 7.79. The highest BCUT2D eigenvalue weighted by molar-refractivity contribution is 5.06. The molecule has 1 saturated carbocycles. The molecule has 0 radical (unpaired) electrons. The van der Waals surface area contributed by atoms with E-state index in [0.717, 1.165) is 31.0 Å². The third-order valence-electron chi connectivity index (χ3n) is 3.75. The van der Waals surface area contributed by atoms with E-state index in [0.29, 0.717) is 6.54 Å². The molecule has 1 aromatic rings. The van der Waals surface area contributed by atoms with Gasteiger partial charge >= 0.3 is 0 Å². The lowest BCUT2D eigenvalue weighted by Crippen LogP contribution is -2.21. The van der Waals surface area contributed by atoms with Crippen LogP contribution in [0.2, 0.25) is 0 Å². The Morgan fingerprint density at radius 1 is 1.31 bits per heavy atom. The highest BCUT2D eigenvalue weighted by atomic mass is 16.4. The number of hydrogen-bond donors (Lipinski definition) is 1. The summed E-state index contributed by atoms with van der Waals surface area (Å²) in [7, 11) is 0. The number of nitrogens with zero attached hydrogens (tertiary/aromatic N) is 2. The third-order valence-corrected chi connectivity index (χ3v) is 3.75. The second-order valence-corrected chi connectivity index (χ2v) is 4.73. The van der Waals surface area contributed by atoms with Crippen LogP contribution in [0, 0.1) is 0 Å². The van der Waals surface area contributed by atoms with Crippen LogP contribution in [-0.2, 0) is 11.8 Å². The van der Waals surface area contributed by atoms with Gasteiger partial charge in [-0.05, 0) is 32.2 Å². The normalized spacial score (nSPS) is 19.1.